The molecule has 1 atom stereocenters. The van der Waals surface area contributed by atoms with Crippen LogP contribution in [0.15, 0.2) is 4.52 Å². The van der Waals surface area contributed by atoms with E-state index in [2.05, 4.69) is 10.1 Å². The second kappa shape index (κ2) is 8.98. The fourth-order valence-corrected chi connectivity index (χ4v) is 1.34. The van der Waals surface area contributed by atoms with Crippen LogP contribution in [0.3, 0.4) is 0 Å². The molecule has 104 valence electrons. The SMILES string of the molecule is COCCOCCc1noc(CC(CN)OC)n1. The Morgan fingerprint density at radius 2 is 2.11 bits per heavy atom. The molecule has 7 heteroatoms. The molecule has 1 heterocycles. The number of nitrogens with zero attached hydrogens (tertiary/aromatic N) is 2. The molecule has 1 rings (SSSR count). The van der Waals surface area contributed by atoms with Gasteiger partial charge in [-0.25, -0.2) is 0 Å². The highest BCUT2D eigenvalue weighted by Gasteiger charge is 2.12. The molecule has 0 saturated heterocycles. The van der Waals surface area contributed by atoms with Gasteiger partial charge in [0.1, 0.15) is 0 Å². The number of hydrogen-bond donors (Lipinski definition) is 1. The lowest BCUT2D eigenvalue weighted by molar-refractivity contribution is 0.0714. The van der Waals surface area contributed by atoms with Crippen molar-refractivity contribution in [2.75, 3.05) is 40.6 Å². The molecule has 0 spiro atoms. The van der Waals surface area contributed by atoms with Crippen LogP contribution in [0.4, 0.5) is 0 Å². The minimum atomic E-state index is -0.0868. The van der Waals surface area contributed by atoms with Crippen molar-refractivity contribution in [3.05, 3.63) is 11.7 Å². The highest BCUT2D eigenvalue weighted by molar-refractivity contribution is 4.88. The van der Waals surface area contributed by atoms with Gasteiger partial charge in [-0.05, 0) is 0 Å². The maximum atomic E-state index is 5.52. The van der Waals surface area contributed by atoms with Gasteiger partial charge >= 0.3 is 0 Å². The van der Waals surface area contributed by atoms with Crippen molar-refractivity contribution in [3.63, 3.8) is 0 Å². The van der Waals surface area contributed by atoms with Crippen LogP contribution in [0.25, 0.3) is 0 Å². The second-order valence-corrected chi connectivity index (χ2v) is 3.76. The average Bonchev–Trinajstić information content (AvgIpc) is 2.83. The van der Waals surface area contributed by atoms with Gasteiger partial charge in [0.15, 0.2) is 5.82 Å². The Bertz CT molecular complexity index is 315. The zero-order chi connectivity index (χ0) is 13.2. The third kappa shape index (κ3) is 5.54. The molecule has 1 aromatic rings. The Labute approximate surface area is 107 Å². The summed E-state index contributed by atoms with van der Waals surface area (Å²) in [6.07, 6.45) is 1.06. The van der Waals surface area contributed by atoms with Crippen molar-refractivity contribution in [2.45, 2.75) is 18.9 Å². The van der Waals surface area contributed by atoms with Crippen molar-refractivity contribution in [2.24, 2.45) is 5.73 Å². The van der Waals surface area contributed by atoms with E-state index in [1.807, 2.05) is 0 Å². The summed E-state index contributed by atoms with van der Waals surface area (Å²) in [7, 11) is 3.25. The van der Waals surface area contributed by atoms with Gasteiger partial charge in [-0.2, -0.15) is 4.98 Å². The number of methoxy groups -OCH3 is 2. The molecule has 0 aliphatic heterocycles. The van der Waals surface area contributed by atoms with Gasteiger partial charge in [0.2, 0.25) is 5.89 Å². The zero-order valence-corrected chi connectivity index (χ0v) is 10.9. The molecule has 1 unspecified atom stereocenters. The summed E-state index contributed by atoms with van der Waals surface area (Å²) in [6, 6.07) is 0. The predicted molar refractivity (Wildman–Crippen MR) is 64.3 cm³/mol. The lowest BCUT2D eigenvalue weighted by Gasteiger charge is -2.08. The van der Waals surface area contributed by atoms with E-state index in [1.54, 1.807) is 14.2 Å². The van der Waals surface area contributed by atoms with Crippen LogP contribution in [-0.4, -0.2) is 56.8 Å². The number of ether oxygens (including phenoxy) is 3. The first-order valence-corrected chi connectivity index (χ1v) is 5.91. The summed E-state index contributed by atoms with van der Waals surface area (Å²) >= 11 is 0. The molecular formula is C11H21N3O4. The first-order valence-electron chi connectivity index (χ1n) is 5.91. The molecule has 2 N–H and O–H groups in total. The van der Waals surface area contributed by atoms with E-state index < -0.39 is 0 Å². The van der Waals surface area contributed by atoms with Crippen LogP contribution < -0.4 is 5.73 Å². The van der Waals surface area contributed by atoms with E-state index in [0.29, 0.717) is 50.9 Å². The molecule has 0 bridgehead atoms. The van der Waals surface area contributed by atoms with E-state index in [0.717, 1.165) is 0 Å². The summed E-state index contributed by atoms with van der Waals surface area (Å²) in [6.45, 7) is 2.13. The average molecular weight is 259 g/mol. The Balaban J connectivity index is 2.25. The van der Waals surface area contributed by atoms with E-state index in [9.17, 15) is 0 Å². The molecular weight excluding hydrogens is 238 g/mol. The topological polar surface area (TPSA) is 92.6 Å². The highest BCUT2D eigenvalue weighted by Crippen LogP contribution is 2.03. The standard InChI is InChI=1S/C11H21N3O4/c1-15-5-6-17-4-3-10-13-11(18-14-10)7-9(8-12)16-2/h9H,3-8,12H2,1-2H3. The summed E-state index contributed by atoms with van der Waals surface area (Å²) < 4.78 is 20.4. The van der Waals surface area contributed by atoms with Gasteiger partial charge < -0.3 is 24.5 Å². The Morgan fingerprint density at radius 3 is 2.78 bits per heavy atom. The van der Waals surface area contributed by atoms with Crippen LogP contribution in [0.1, 0.15) is 11.7 Å². The Hall–Kier alpha value is -1.02. The first kappa shape index (κ1) is 15.0. The normalized spacial score (nSPS) is 12.8. The lowest BCUT2D eigenvalue weighted by atomic mass is 10.2. The molecule has 0 saturated carbocycles. The van der Waals surface area contributed by atoms with Crippen LogP contribution >= 0.6 is 0 Å². The third-order valence-corrected chi connectivity index (χ3v) is 2.41. The molecule has 1 aromatic heterocycles. The molecule has 18 heavy (non-hydrogen) atoms. The summed E-state index contributed by atoms with van der Waals surface area (Å²) in [5.41, 5.74) is 5.52. The van der Waals surface area contributed by atoms with Gasteiger partial charge in [-0.15, -0.1) is 0 Å². The molecule has 0 fully saturated rings. The molecule has 0 aliphatic carbocycles. The van der Waals surface area contributed by atoms with Gasteiger partial charge in [-0.1, -0.05) is 5.16 Å². The number of rotatable bonds is 10. The summed E-state index contributed by atoms with van der Waals surface area (Å²) in [5.74, 6) is 1.17. The van der Waals surface area contributed by atoms with Crippen molar-refractivity contribution < 1.29 is 18.7 Å². The zero-order valence-electron chi connectivity index (χ0n) is 10.9. The van der Waals surface area contributed by atoms with Crippen LogP contribution in [0, 0.1) is 0 Å². The highest BCUT2D eigenvalue weighted by atomic mass is 16.5. The van der Waals surface area contributed by atoms with Crippen molar-refractivity contribution >= 4 is 0 Å². The van der Waals surface area contributed by atoms with Crippen molar-refractivity contribution in [3.8, 4) is 0 Å². The fraction of sp³-hybridized carbons (Fsp3) is 0.818. The first-order chi connectivity index (χ1) is 8.80. The minimum absolute atomic E-state index is 0.0868. The number of hydrogen-bond acceptors (Lipinski definition) is 7. The molecule has 0 amide bonds. The number of nitrogens with two attached hydrogens (primary N) is 1. The maximum Gasteiger partial charge on any atom is 0.229 e. The van der Waals surface area contributed by atoms with Crippen LogP contribution in [-0.2, 0) is 27.1 Å². The second-order valence-electron chi connectivity index (χ2n) is 3.76. The maximum absolute atomic E-state index is 5.52. The van der Waals surface area contributed by atoms with Crippen LogP contribution in [0.5, 0.6) is 0 Å². The molecule has 0 radical (unpaired) electrons. The van der Waals surface area contributed by atoms with E-state index >= 15 is 0 Å². The van der Waals surface area contributed by atoms with Crippen molar-refractivity contribution in [1.82, 2.24) is 10.1 Å². The summed E-state index contributed by atoms with van der Waals surface area (Å²) in [5, 5.41) is 3.86. The molecule has 7 nitrogen and oxygen atoms in total. The van der Waals surface area contributed by atoms with Gasteiger partial charge in [-0.3, -0.25) is 0 Å². The predicted octanol–water partition coefficient (Wildman–Crippen LogP) is -0.209. The Kier molecular flexibility index (Phi) is 7.51. The summed E-state index contributed by atoms with van der Waals surface area (Å²) in [4.78, 5) is 4.24. The van der Waals surface area contributed by atoms with Crippen LogP contribution in [0.2, 0.25) is 0 Å². The monoisotopic (exact) mass is 259 g/mol. The number of aromatic nitrogens is 2. The van der Waals surface area contributed by atoms with Gasteiger partial charge in [0, 0.05) is 27.2 Å². The largest absolute Gasteiger partial charge is 0.382 e. The molecule has 0 aliphatic rings. The minimum Gasteiger partial charge on any atom is -0.382 e. The van der Waals surface area contributed by atoms with Crippen molar-refractivity contribution in [1.29, 1.82) is 0 Å². The van der Waals surface area contributed by atoms with Gasteiger partial charge in [0.25, 0.3) is 0 Å². The fourth-order valence-electron chi connectivity index (χ4n) is 1.34. The van der Waals surface area contributed by atoms with Gasteiger partial charge in [0.05, 0.1) is 32.3 Å². The third-order valence-electron chi connectivity index (χ3n) is 2.41. The smallest absolute Gasteiger partial charge is 0.229 e. The quantitative estimate of drug-likeness (QED) is 0.581. The molecule has 0 aromatic carbocycles. The van der Waals surface area contributed by atoms with E-state index in [-0.39, 0.29) is 6.10 Å². The van der Waals surface area contributed by atoms with E-state index in [4.69, 9.17) is 24.5 Å². The lowest BCUT2D eigenvalue weighted by Crippen LogP contribution is -2.24. The Morgan fingerprint density at radius 1 is 1.28 bits per heavy atom. The van der Waals surface area contributed by atoms with E-state index in [1.165, 1.54) is 0 Å².